The van der Waals surface area contributed by atoms with Crippen LogP contribution in [0.5, 0.6) is 11.5 Å². The highest BCUT2D eigenvalue weighted by Crippen LogP contribution is 2.37. The van der Waals surface area contributed by atoms with Gasteiger partial charge in [-0.1, -0.05) is 36.4 Å². The van der Waals surface area contributed by atoms with Crippen LogP contribution in [-0.4, -0.2) is 38.5 Å². The van der Waals surface area contributed by atoms with Crippen molar-refractivity contribution in [2.75, 3.05) is 19.1 Å². The lowest BCUT2D eigenvalue weighted by Crippen LogP contribution is -2.34. The molecule has 5 rings (SSSR count). The van der Waals surface area contributed by atoms with Crippen LogP contribution in [0.25, 0.3) is 16.5 Å². The number of rotatable bonds is 6. The van der Waals surface area contributed by atoms with E-state index in [4.69, 9.17) is 9.47 Å². The first kappa shape index (κ1) is 19.2. The molecule has 3 heterocycles. The van der Waals surface area contributed by atoms with Gasteiger partial charge in [0.2, 0.25) is 6.79 Å². The normalized spacial score (nSPS) is 18.5. The second-order valence-electron chi connectivity index (χ2n) is 7.85. The Bertz CT molecular complexity index is 1200. The van der Waals surface area contributed by atoms with Crippen LogP contribution < -0.4 is 14.8 Å². The summed E-state index contributed by atoms with van der Waals surface area (Å²) in [5.74, 6) is 1.52. The van der Waals surface area contributed by atoms with Crippen molar-refractivity contribution >= 4 is 26.3 Å². The summed E-state index contributed by atoms with van der Waals surface area (Å²) >= 11 is 0. The Kier molecular flexibility index (Phi) is 5.00. The summed E-state index contributed by atoms with van der Waals surface area (Å²) in [5.41, 5.74) is 4.12. The van der Waals surface area contributed by atoms with Crippen molar-refractivity contribution < 1.29 is 17.9 Å². The molecule has 0 spiro atoms. The van der Waals surface area contributed by atoms with E-state index in [1.54, 1.807) is 6.20 Å². The van der Waals surface area contributed by atoms with Crippen molar-refractivity contribution in [2.45, 2.75) is 24.6 Å². The van der Waals surface area contributed by atoms with Gasteiger partial charge in [-0.25, -0.2) is 8.42 Å². The minimum atomic E-state index is -3.24. The van der Waals surface area contributed by atoms with Gasteiger partial charge < -0.3 is 19.8 Å². The maximum atomic E-state index is 12.9. The molecule has 2 aromatic carbocycles. The number of H-pyrrole nitrogens is 1. The number of fused-ring (bicyclic) bond motifs is 2. The van der Waals surface area contributed by atoms with Crippen molar-refractivity contribution in [1.82, 2.24) is 10.3 Å². The molecule has 6 nitrogen and oxygen atoms in total. The number of nitrogens with one attached hydrogen (secondary N) is 2. The van der Waals surface area contributed by atoms with Crippen LogP contribution in [0.15, 0.2) is 54.7 Å². The van der Waals surface area contributed by atoms with Gasteiger partial charge in [0.25, 0.3) is 0 Å². The summed E-state index contributed by atoms with van der Waals surface area (Å²) in [6.45, 7) is 0.966. The zero-order chi connectivity index (χ0) is 20.6. The molecule has 0 saturated carbocycles. The van der Waals surface area contributed by atoms with Gasteiger partial charge in [0, 0.05) is 35.8 Å². The number of benzene rings is 2. The van der Waals surface area contributed by atoms with Crippen LogP contribution in [0.2, 0.25) is 0 Å². The number of aromatic nitrogens is 1. The van der Waals surface area contributed by atoms with E-state index >= 15 is 0 Å². The summed E-state index contributed by atoms with van der Waals surface area (Å²) in [5, 5.41) is 4.30. The first-order valence-electron chi connectivity index (χ1n) is 10.2. The summed E-state index contributed by atoms with van der Waals surface area (Å²) in [4.78, 5) is 3.15. The number of ether oxygens (including phenoxy) is 2. The lowest BCUT2D eigenvalue weighted by atomic mass is 9.94. The highest BCUT2D eigenvalue weighted by atomic mass is 32.2. The van der Waals surface area contributed by atoms with Crippen LogP contribution >= 0.6 is 0 Å². The Morgan fingerprint density at radius 1 is 1.07 bits per heavy atom. The first-order chi connectivity index (χ1) is 14.6. The fraction of sp³-hybridized carbons (Fsp3) is 0.304. The van der Waals surface area contributed by atoms with Crippen molar-refractivity contribution in [1.29, 1.82) is 0 Å². The second-order valence-corrected chi connectivity index (χ2v) is 10.0. The molecule has 0 radical (unpaired) electrons. The SMILES string of the molecule is O=S(=O)(CCC1CC(c2ccccc2)=CCN1)Cc1c[nH]c2cc3c(cc12)OCO3. The minimum Gasteiger partial charge on any atom is -0.454 e. The molecule has 1 aromatic heterocycles. The van der Waals surface area contributed by atoms with Gasteiger partial charge >= 0.3 is 0 Å². The number of aromatic amines is 1. The van der Waals surface area contributed by atoms with Gasteiger partial charge in [-0.05, 0) is 35.6 Å². The van der Waals surface area contributed by atoms with Crippen LogP contribution in [0.1, 0.15) is 24.0 Å². The average molecular weight is 425 g/mol. The van der Waals surface area contributed by atoms with E-state index in [0.717, 1.165) is 29.4 Å². The maximum Gasteiger partial charge on any atom is 0.231 e. The largest absolute Gasteiger partial charge is 0.454 e. The molecule has 1 unspecified atom stereocenters. The van der Waals surface area contributed by atoms with E-state index in [9.17, 15) is 8.42 Å². The van der Waals surface area contributed by atoms with Gasteiger partial charge in [0.05, 0.1) is 11.5 Å². The molecule has 1 atom stereocenters. The van der Waals surface area contributed by atoms with E-state index < -0.39 is 9.84 Å². The molecule has 156 valence electrons. The zero-order valence-corrected chi connectivity index (χ0v) is 17.4. The van der Waals surface area contributed by atoms with Crippen molar-refractivity contribution in [3.8, 4) is 11.5 Å². The molecule has 2 aliphatic rings. The standard InChI is InChI=1S/C23H24N2O4S/c26-30(27,9-7-19-10-17(6-8-24-19)16-4-2-1-3-5-16)14-18-13-25-21-12-23-22(11-20(18)21)28-15-29-23/h1-6,11-13,19,24-25H,7-10,14-15H2. The molecule has 7 heteroatoms. The number of hydrogen-bond acceptors (Lipinski definition) is 5. The molecular weight excluding hydrogens is 400 g/mol. The van der Waals surface area contributed by atoms with Crippen molar-refractivity contribution in [3.05, 3.63) is 65.9 Å². The van der Waals surface area contributed by atoms with E-state index in [2.05, 4.69) is 28.5 Å². The molecule has 0 bridgehead atoms. The summed E-state index contributed by atoms with van der Waals surface area (Å²) in [6.07, 6.45) is 5.40. The lowest BCUT2D eigenvalue weighted by Gasteiger charge is -2.24. The molecular formula is C23H24N2O4S. The Labute approximate surface area is 175 Å². The summed E-state index contributed by atoms with van der Waals surface area (Å²) < 4.78 is 36.5. The smallest absolute Gasteiger partial charge is 0.231 e. The molecule has 0 saturated heterocycles. The molecule has 0 fully saturated rings. The lowest BCUT2D eigenvalue weighted by molar-refractivity contribution is 0.174. The van der Waals surface area contributed by atoms with Gasteiger partial charge in [-0.2, -0.15) is 0 Å². The van der Waals surface area contributed by atoms with Crippen LogP contribution in [0.3, 0.4) is 0 Å². The molecule has 0 aliphatic carbocycles. The maximum absolute atomic E-state index is 12.9. The predicted molar refractivity (Wildman–Crippen MR) is 117 cm³/mol. The van der Waals surface area contributed by atoms with Crippen molar-refractivity contribution in [2.24, 2.45) is 0 Å². The third kappa shape index (κ3) is 3.95. The minimum absolute atomic E-state index is 0.0146. The Morgan fingerprint density at radius 2 is 1.87 bits per heavy atom. The predicted octanol–water partition coefficient (Wildman–Crippen LogP) is 3.65. The van der Waals surface area contributed by atoms with Gasteiger partial charge in [0.1, 0.15) is 0 Å². The Hall–Kier alpha value is -2.77. The fourth-order valence-electron chi connectivity index (χ4n) is 4.18. The molecule has 2 aliphatic heterocycles. The molecule has 2 N–H and O–H groups in total. The quantitative estimate of drug-likeness (QED) is 0.631. The van der Waals surface area contributed by atoms with Crippen LogP contribution in [-0.2, 0) is 15.6 Å². The third-order valence-corrected chi connectivity index (χ3v) is 7.39. The van der Waals surface area contributed by atoms with E-state index in [-0.39, 0.29) is 24.3 Å². The van der Waals surface area contributed by atoms with Crippen LogP contribution in [0, 0.1) is 0 Å². The number of sulfone groups is 1. The Balaban J connectivity index is 1.25. The van der Waals surface area contributed by atoms with Crippen LogP contribution in [0.4, 0.5) is 0 Å². The van der Waals surface area contributed by atoms with E-state index in [1.165, 1.54) is 11.1 Å². The average Bonchev–Trinajstić information content (AvgIpc) is 3.38. The summed E-state index contributed by atoms with van der Waals surface area (Å²) in [6, 6.07) is 14.2. The highest BCUT2D eigenvalue weighted by Gasteiger charge is 2.22. The third-order valence-electron chi connectivity index (χ3n) is 5.78. The topological polar surface area (TPSA) is 80.4 Å². The first-order valence-corrected chi connectivity index (χ1v) is 12.0. The van der Waals surface area contributed by atoms with E-state index in [0.29, 0.717) is 17.9 Å². The van der Waals surface area contributed by atoms with Gasteiger partial charge in [-0.3, -0.25) is 0 Å². The Morgan fingerprint density at radius 3 is 2.70 bits per heavy atom. The fourth-order valence-corrected chi connectivity index (χ4v) is 5.68. The second kappa shape index (κ2) is 7.81. The monoisotopic (exact) mass is 424 g/mol. The van der Waals surface area contributed by atoms with Gasteiger partial charge in [0.15, 0.2) is 21.3 Å². The van der Waals surface area contributed by atoms with Crippen molar-refractivity contribution in [3.63, 3.8) is 0 Å². The molecule has 30 heavy (non-hydrogen) atoms. The molecule has 0 amide bonds. The molecule has 3 aromatic rings. The van der Waals surface area contributed by atoms with E-state index in [1.807, 2.05) is 30.3 Å². The number of hydrogen-bond donors (Lipinski definition) is 2. The highest BCUT2D eigenvalue weighted by molar-refractivity contribution is 7.90. The zero-order valence-electron chi connectivity index (χ0n) is 16.6. The van der Waals surface area contributed by atoms with Gasteiger partial charge in [-0.15, -0.1) is 0 Å². The summed E-state index contributed by atoms with van der Waals surface area (Å²) in [7, 11) is -3.24.